The van der Waals surface area contributed by atoms with Crippen molar-refractivity contribution in [3.05, 3.63) is 33.6 Å². The van der Waals surface area contributed by atoms with E-state index in [-0.39, 0.29) is 16.9 Å². The summed E-state index contributed by atoms with van der Waals surface area (Å²) < 4.78 is 0. The molecule has 3 nitrogen and oxygen atoms in total. The smallest absolute Gasteiger partial charge is 0.123 e. The molecule has 2 rings (SSSR count). The summed E-state index contributed by atoms with van der Waals surface area (Å²) in [5.74, 6) is 0.399. The number of benzene rings is 1. The molecule has 0 aliphatic carbocycles. The largest absolute Gasteiger partial charge is 0.507 e. The molecular formula is C19H28N2OS. The highest BCUT2D eigenvalue weighted by Gasteiger charge is 2.27. The van der Waals surface area contributed by atoms with E-state index in [1.807, 2.05) is 12.3 Å². The fourth-order valence-electron chi connectivity index (χ4n) is 2.56. The molecule has 1 aromatic carbocycles. The SMILES string of the molecule is CC(N)c1nc(-c2cc(C(C)(C)C)c(O)c(C(C)(C)C)c2)cs1. The van der Waals surface area contributed by atoms with Gasteiger partial charge in [-0.25, -0.2) is 4.98 Å². The van der Waals surface area contributed by atoms with Crippen molar-refractivity contribution in [1.29, 1.82) is 0 Å². The first-order valence-electron chi connectivity index (χ1n) is 8.00. The lowest BCUT2D eigenvalue weighted by atomic mass is 9.78. The maximum absolute atomic E-state index is 10.8. The Hall–Kier alpha value is -1.39. The van der Waals surface area contributed by atoms with Crippen LogP contribution >= 0.6 is 11.3 Å². The van der Waals surface area contributed by atoms with E-state index in [1.54, 1.807) is 11.3 Å². The number of phenolic OH excluding ortho intramolecular Hbond substituents is 1. The second-order valence-corrected chi connectivity index (χ2v) is 9.17. The highest BCUT2D eigenvalue weighted by molar-refractivity contribution is 7.10. The van der Waals surface area contributed by atoms with E-state index in [4.69, 9.17) is 5.73 Å². The molecule has 0 aliphatic heterocycles. The molecule has 0 radical (unpaired) electrons. The maximum atomic E-state index is 10.8. The molecule has 3 N–H and O–H groups in total. The molecule has 0 spiro atoms. The third-order valence-corrected chi connectivity index (χ3v) is 4.98. The zero-order valence-corrected chi connectivity index (χ0v) is 16.0. The number of phenols is 1. The molecule has 0 bridgehead atoms. The summed E-state index contributed by atoms with van der Waals surface area (Å²) >= 11 is 1.58. The van der Waals surface area contributed by atoms with E-state index in [0.717, 1.165) is 27.4 Å². The molecule has 1 unspecified atom stereocenters. The summed E-state index contributed by atoms with van der Waals surface area (Å²) in [4.78, 5) is 4.67. The van der Waals surface area contributed by atoms with E-state index < -0.39 is 0 Å². The number of thiazole rings is 1. The number of nitrogens with zero attached hydrogens (tertiary/aromatic N) is 1. The third kappa shape index (κ3) is 3.75. The minimum Gasteiger partial charge on any atom is -0.507 e. The van der Waals surface area contributed by atoms with Crippen molar-refractivity contribution < 1.29 is 5.11 Å². The lowest BCUT2D eigenvalue weighted by Gasteiger charge is -2.28. The van der Waals surface area contributed by atoms with Gasteiger partial charge in [-0.3, -0.25) is 0 Å². The summed E-state index contributed by atoms with van der Waals surface area (Å²) in [5, 5.41) is 13.8. The number of aromatic nitrogens is 1. The molecule has 0 fully saturated rings. The van der Waals surface area contributed by atoms with Crippen LogP contribution < -0.4 is 5.73 Å². The number of hydrogen-bond acceptors (Lipinski definition) is 4. The first kappa shape index (κ1) is 18.0. The van der Waals surface area contributed by atoms with Crippen LogP contribution in [0.5, 0.6) is 5.75 Å². The Labute approximate surface area is 143 Å². The highest BCUT2D eigenvalue weighted by atomic mass is 32.1. The minimum absolute atomic E-state index is 0.0601. The Morgan fingerprint density at radius 1 is 1.04 bits per heavy atom. The van der Waals surface area contributed by atoms with Crippen LogP contribution in [0.15, 0.2) is 17.5 Å². The van der Waals surface area contributed by atoms with Gasteiger partial charge in [0.05, 0.1) is 11.7 Å². The number of aromatic hydroxyl groups is 1. The van der Waals surface area contributed by atoms with Gasteiger partial charge in [0.25, 0.3) is 0 Å². The van der Waals surface area contributed by atoms with Crippen molar-refractivity contribution in [2.24, 2.45) is 5.73 Å². The monoisotopic (exact) mass is 332 g/mol. The van der Waals surface area contributed by atoms with Crippen LogP contribution in [-0.4, -0.2) is 10.1 Å². The zero-order valence-electron chi connectivity index (χ0n) is 15.2. The Balaban J connectivity index is 2.68. The standard InChI is InChI=1S/C19H28N2OS/c1-11(20)17-21-15(10-23-17)12-8-13(18(2,3)4)16(22)14(9-12)19(5,6)7/h8-11,22H,20H2,1-7H3. The Kier molecular flexibility index (Phi) is 4.62. The van der Waals surface area contributed by atoms with Gasteiger partial charge in [0, 0.05) is 22.1 Å². The molecule has 1 aromatic heterocycles. The Bertz CT molecular complexity index is 668. The van der Waals surface area contributed by atoms with Gasteiger partial charge in [-0.2, -0.15) is 0 Å². The van der Waals surface area contributed by atoms with Crippen molar-refractivity contribution in [3.8, 4) is 17.0 Å². The van der Waals surface area contributed by atoms with Crippen molar-refractivity contribution in [3.63, 3.8) is 0 Å². The second-order valence-electron chi connectivity index (χ2n) is 8.28. The van der Waals surface area contributed by atoms with E-state index in [9.17, 15) is 5.11 Å². The normalized spacial score (nSPS) is 14.1. The fourth-order valence-corrected chi connectivity index (χ4v) is 3.34. The van der Waals surface area contributed by atoms with Crippen molar-refractivity contribution in [2.45, 2.75) is 65.3 Å². The zero-order chi connectivity index (χ0) is 17.6. The quantitative estimate of drug-likeness (QED) is 0.801. The molecule has 0 saturated carbocycles. The fraction of sp³-hybridized carbons (Fsp3) is 0.526. The third-order valence-electron chi connectivity index (χ3n) is 3.93. The second kappa shape index (κ2) is 5.91. The first-order chi connectivity index (χ1) is 10.4. The van der Waals surface area contributed by atoms with Crippen molar-refractivity contribution in [2.75, 3.05) is 0 Å². The van der Waals surface area contributed by atoms with Gasteiger partial charge in [0.2, 0.25) is 0 Å². The van der Waals surface area contributed by atoms with E-state index in [1.165, 1.54) is 0 Å². The minimum atomic E-state index is -0.139. The van der Waals surface area contributed by atoms with Gasteiger partial charge in [0.15, 0.2) is 0 Å². The summed E-state index contributed by atoms with van der Waals surface area (Å²) in [7, 11) is 0. The van der Waals surface area contributed by atoms with Crippen LogP contribution in [0.25, 0.3) is 11.3 Å². The number of nitrogens with two attached hydrogens (primary N) is 1. The summed E-state index contributed by atoms with van der Waals surface area (Å²) in [6.45, 7) is 14.7. The molecule has 0 amide bonds. The molecule has 23 heavy (non-hydrogen) atoms. The molecule has 0 aliphatic rings. The van der Waals surface area contributed by atoms with Gasteiger partial charge < -0.3 is 10.8 Å². The predicted octanol–water partition coefficient (Wildman–Crippen LogP) is 5.13. The van der Waals surface area contributed by atoms with Gasteiger partial charge in [-0.1, -0.05) is 41.5 Å². The summed E-state index contributed by atoms with van der Waals surface area (Å²) in [6.07, 6.45) is 0. The van der Waals surface area contributed by atoms with Gasteiger partial charge in [-0.15, -0.1) is 11.3 Å². The Morgan fingerprint density at radius 3 is 1.87 bits per heavy atom. The highest BCUT2D eigenvalue weighted by Crippen LogP contribution is 2.42. The first-order valence-corrected chi connectivity index (χ1v) is 8.88. The summed E-state index contributed by atoms with van der Waals surface area (Å²) in [5.41, 5.74) is 9.54. The average Bonchev–Trinajstić information content (AvgIpc) is 2.85. The lowest BCUT2D eigenvalue weighted by molar-refractivity contribution is 0.423. The van der Waals surface area contributed by atoms with Crippen molar-refractivity contribution >= 4 is 11.3 Å². The number of hydrogen-bond donors (Lipinski definition) is 2. The van der Waals surface area contributed by atoms with Gasteiger partial charge >= 0.3 is 0 Å². The van der Waals surface area contributed by atoms with Crippen LogP contribution in [0.2, 0.25) is 0 Å². The van der Waals surface area contributed by atoms with E-state index in [2.05, 4.69) is 58.7 Å². The lowest BCUT2D eigenvalue weighted by Crippen LogP contribution is -2.17. The van der Waals surface area contributed by atoms with Crippen LogP contribution in [0, 0.1) is 0 Å². The molecule has 2 aromatic rings. The average molecular weight is 333 g/mol. The molecule has 1 atom stereocenters. The number of rotatable bonds is 2. The predicted molar refractivity (Wildman–Crippen MR) is 99.2 cm³/mol. The maximum Gasteiger partial charge on any atom is 0.123 e. The van der Waals surface area contributed by atoms with Crippen LogP contribution in [-0.2, 0) is 10.8 Å². The van der Waals surface area contributed by atoms with E-state index >= 15 is 0 Å². The molecule has 0 saturated heterocycles. The molecule has 4 heteroatoms. The van der Waals surface area contributed by atoms with Crippen molar-refractivity contribution in [1.82, 2.24) is 4.98 Å². The molecule has 126 valence electrons. The van der Waals surface area contributed by atoms with E-state index in [0.29, 0.717) is 5.75 Å². The Morgan fingerprint density at radius 2 is 1.52 bits per heavy atom. The summed E-state index contributed by atoms with van der Waals surface area (Å²) in [6, 6.07) is 4.06. The van der Waals surface area contributed by atoms with Crippen LogP contribution in [0.1, 0.15) is 70.6 Å². The topological polar surface area (TPSA) is 59.1 Å². The van der Waals surface area contributed by atoms with Crippen LogP contribution in [0.4, 0.5) is 0 Å². The van der Waals surface area contributed by atoms with Crippen LogP contribution in [0.3, 0.4) is 0 Å². The molecular weight excluding hydrogens is 304 g/mol. The van der Waals surface area contributed by atoms with Gasteiger partial charge in [0.1, 0.15) is 10.8 Å². The molecule has 1 heterocycles. The van der Waals surface area contributed by atoms with Gasteiger partial charge in [-0.05, 0) is 29.9 Å².